The smallest absolute Gasteiger partial charge is 0.308 e. The average Bonchev–Trinajstić information content (AvgIpc) is 2.77. The number of carboxylic acid groups (broad SMARTS) is 1. The van der Waals surface area contributed by atoms with E-state index in [0.717, 1.165) is 11.3 Å². The minimum Gasteiger partial charge on any atom is -0.496 e. The summed E-state index contributed by atoms with van der Waals surface area (Å²) < 4.78 is 5.27. The average molecular weight is 221 g/mol. The van der Waals surface area contributed by atoms with Crippen LogP contribution in [0.2, 0.25) is 0 Å². The highest BCUT2D eigenvalue weighted by atomic mass is 16.5. The predicted octanol–water partition coefficient (Wildman–Crippen LogP) is 1.08. The fourth-order valence-electron chi connectivity index (χ4n) is 2.24. The van der Waals surface area contributed by atoms with Crippen molar-refractivity contribution in [3.63, 3.8) is 0 Å². The molecule has 2 atom stereocenters. The number of ether oxygens (including phenoxy) is 1. The number of para-hydroxylation sites is 1. The van der Waals surface area contributed by atoms with Crippen molar-refractivity contribution in [1.82, 2.24) is 5.32 Å². The Kier molecular flexibility index (Phi) is 3.10. The summed E-state index contributed by atoms with van der Waals surface area (Å²) in [5.74, 6) is -0.353. The first kappa shape index (κ1) is 11.0. The third-order valence-corrected chi connectivity index (χ3v) is 3.07. The summed E-state index contributed by atoms with van der Waals surface area (Å²) in [5, 5.41) is 12.2. The molecule has 4 nitrogen and oxygen atoms in total. The van der Waals surface area contributed by atoms with E-state index in [1.54, 1.807) is 7.11 Å². The van der Waals surface area contributed by atoms with Gasteiger partial charge in [-0.05, 0) is 11.6 Å². The molecule has 0 saturated carbocycles. The van der Waals surface area contributed by atoms with Gasteiger partial charge in [-0.1, -0.05) is 18.2 Å². The molecule has 1 aliphatic rings. The third-order valence-electron chi connectivity index (χ3n) is 3.07. The number of carbonyl (C=O) groups is 1. The summed E-state index contributed by atoms with van der Waals surface area (Å²) in [4.78, 5) is 11.1. The zero-order valence-corrected chi connectivity index (χ0v) is 9.14. The Morgan fingerprint density at radius 1 is 1.44 bits per heavy atom. The van der Waals surface area contributed by atoms with Crippen LogP contribution in [0, 0.1) is 5.92 Å². The fraction of sp³-hybridized carbons (Fsp3) is 0.417. The van der Waals surface area contributed by atoms with Gasteiger partial charge in [-0.3, -0.25) is 4.79 Å². The SMILES string of the molecule is COc1ccccc1[C@H]1CNC[C@H]1C(=O)O. The number of benzene rings is 1. The zero-order chi connectivity index (χ0) is 11.5. The van der Waals surface area contributed by atoms with Crippen molar-refractivity contribution in [3.8, 4) is 5.75 Å². The van der Waals surface area contributed by atoms with Crippen molar-refractivity contribution in [2.45, 2.75) is 5.92 Å². The number of rotatable bonds is 3. The van der Waals surface area contributed by atoms with Gasteiger partial charge in [0.2, 0.25) is 0 Å². The van der Waals surface area contributed by atoms with Crippen LogP contribution in [-0.2, 0) is 4.79 Å². The van der Waals surface area contributed by atoms with E-state index < -0.39 is 5.97 Å². The van der Waals surface area contributed by atoms with Gasteiger partial charge in [-0.15, -0.1) is 0 Å². The molecule has 1 aromatic rings. The first-order valence-corrected chi connectivity index (χ1v) is 5.30. The van der Waals surface area contributed by atoms with Gasteiger partial charge in [0, 0.05) is 19.0 Å². The molecule has 1 saturated heterocycles. The minimum absolute atomic E-state index is 0.00588. The Balaban J connectivity index is 2.32. The molecule has 0 spiro atoms. The van der Waals surface area contributed by atoms with E-state index in [0.29, 0.717) is 13.1 Å². The van der Waals surface area contributed by atoms with Crippen LogP contribution in [-0.4, -0.2) is 31.3 Å². The maximum Gasteiger partial charge on any atom is 0.308 e. The molecular weight excluding hydrogens is 206 g/mol. The number of hydrogen-bond donors (Lipinski definition) is 2. The van der Waals surface area contributed by atoms with Crippen molar-refractivity contribution >= 4 is 5.97 Å². The Bertz CT molecular complexity index is 392. The molecule has 1 aromatic carbocycles. The fourth-order valence-corrected chi connectivity index (χ4v) is 2.24. The van der Waals surface area contributed by atoms with E-state index in [1.807, 2.05) is 24.3 Å². The van der Waals surface area contributed by atoms with Crippen LogP contribution >= 0.6 is 0 Å². The summed E-state index contributed by atoms with van der Waals surface area (Å²) in [7, 11) is 1.61. The quantitative estimate of drug-likeness (QED) is 0.802. The first-order chi connectivity index (χ1) is 7.74. The summed E-state index contributed by atoms with van der Waals surface area (Å²) in [6.07, 6.45) is 0. The Morgan fingerprint density at radius 3 is 2.88 bits per heavy atom. The molecule has 4 heteroatoms. The van der Waals surface area contributed by atoms with Gasteiger partial charge in [-0.2, -0.15) is 0 Å². The predicted molar refractivity (Wildman–Crippen MR) is 59.7 cm³/mol. The summed E-state index contributed by atoms with van der Waals surface area (Å²) >= 11 is 0. The molecule has 1 aliphatic heterocycles. The maximum atomic E-state index is 11.1. The molecule has 16 heavy (non-hydrogen) atoms. The van der Waals surface area contributed by atoms with Crippen LogP contribution in [0.5, 0.6) is 5.75 Å². The van der Waals surface area contributed by atoms with Gasteiger partial charge in [0.15, 0.2) is 0 Å². The first-order valence-electron chi connectivity index (χ1n) is 5.30. The van der Waals surface area contributed by atoms with E-state index in [-0.39, 0.29) is 11.8 Å². The topological polar surface area (TPSA) is 58.6 Å². The monoisotopic (exact) mass is 221 g/mol. The molecular formula is C12H15NO3. The second-order valence-electron chi connectivity index (χ2n) is 3.95. The van der Waals surface area contributed by atoms with Gasteiger partial charge in [0.05, 0.1) is 13.0 Å². The van der Waals surface area contributed by atoms with Crippen LogP contribution in [0.25, 0.3) is 0 Å². The van der Waals surface area contributed by atoms with Crippen LogP contribution in [0.15, 0.2) is 24.3 Å². The molecule has 0 radical (unpaired) electrons. The summed E-state index contributed by atoms with van der Waals surface area (Å²) in [5.41, 5.74) is 0.974. The molecule has 2 N–H and O–H groups in total. The number of nitrogens with one attached hydrogen (secondary N) is 1. The normalized spacial score (nSPS) is 24.3. The maximum absolute atomic E-state index is 11.1. The molecule has 1 heterocycles. The van der Waals surface area contributed by atoms with Crippen LogP contribution in [0.1, 0.15) is 11.5 Å². The second-order valence-corrected chi connectivity index (χ2v) is 3.95. The van der Waals surface area contributed by atoms with Crippen molar-refractivity contribution < 1.29 is 14.6 Å². The van der Waals surface area contributed by atoms with Gasteiger partial charge in [0.1, 0.15) is 5.75 Å². The summed E-state index contributed by atoms with van der Waals surface area (Å²) in [6, 6.07) is 7.61. The van der Waals surface area contributed by atoms with Gasteiger partial charge in [0.25, 0.3) is 0 Å². The number of hydrogen-bond acceptors (Lipinski definition) is 3. The van der Waals surface area contributed by atoms with E-state index in [4.69, 9.17) is 9.84 Å². The molecule has 0 bridgehead atoms. The Morgan fingerprint density at radius 2 is 2.19 bits per heavy atom. The molecule has 0 aromatic heterocycles. The van der Waals surface area contributed by atoms with Crippen molar-refractivity contribution in [1.29, 1.82) is 0 Å². The lowest BCUT2D eigenvalue weighted by molar-refractivity contribution is -0.141. The zero-order valence-electron chi connectivity index (χ0n) is 9.14. The van der Waals surface area contributed by atoms with Gasteiger partial charge in [-0.25, -0.2) is 0 Å². The number of carboxylic acids is 1. The second kappa shape index (κ2) is 4.53. The highest BCUT2D eigenvalue weighted by Crippen LogP contribution is 2.34. The van der Waals surface area contributed by atoms with E-state index in [9.17, 15) is 4.79 Å². The van der Waals surface area contributed by atoms with Crippen molar-refractivity contribution in [2.24, 2.45) is 5.92 Å². The lowest BCUT2D eigenvalue weighted by Gasteiger charge is -2.17. The van der Waals surface area contributed by atoms with Crippen LogP contribution in [0.4, 0.5) is 0 Å². The molecule has 0 amide bonds. The highest BCUT2D eigenvalue weighted by Gasteiger charge is 2.35. The molecule has 0 aliphatic carbocycles. The largest absolute Gasteiger partial charge is 0.496 e. The standard InChI is InChI=1S/C12H15NO3/c1-16-11-5-3-2-4-8(11)9-6-13-7-10(9)12(14)15/h2-5,9-10,13H,6-7H2,1H3,(H,14,15)/t9-,10-/m1/s1. The molecule has 2 rings (SSSR count). The van der Waals surface area contributed by atoms with Crippen molar-refractivity contribution in [3.05, 3.63) is 29.8 Å². The third kappa shape index (κ3) is 1.88. The van der Waals surface area contributed by atoms with E-state index in [2.05, 4.69) is 5.32 Å². The van der Waals surface area contributed by atoms with Crippen molar-refractivity contribution in [2.75, 3.05) is 20.2 Å². The lowest BCUT2D eigenvalue weighted by Crippen LogP contribution is -2.21. The molecule has 86 valence electrons. The summed E-state index contributed by atoms with van der Waals surface area (Å²) in [6.45, 7) is 1.22. The van der Waals surface area contributed by atoms with E-state index >= 15 is 0 Å². The number of aliphatic carboxylic acids is 1. The lowest BCUT2D eigenvalue weighted by atomic mass is 9.88. The Labute approximate surface area is 94.2 Å². The van der Waals surface area contributed by atoms with Crippen LogP contribution < -0.4 is 10.1 Å². The van der Waals surface area contributed by atoms with Crippen LogP contribution in [0.3, 0.4) is 0 Å². The number of methoxy groups -OCH3 is 1. The Hall–Kier alpha value is -1.55. The molecule has 1 fully saturated rings. The van der Waals surface area contributed by atoms with E-state index in [1.165, 1.54) is 0 Å². The molecule has 0 unspecified atom stereocenters. The van der Waals surface area contributed by atoms with Gasteiger partial charge < -0.3 is 15.2 Å². The minimum atomic E-state index is -0.749. The van der Waals surface area contributed by atoms with Gasteiger partial charge >= 0.3 is 5.97 Å². The highest BCUT2D eigenvalue weighted by molar-refractivity contribution is 5.72.